The van der Waals surface area contributed by atoms with Crippen molar-refractivity contribution < 1.29 is 4.79 Å². The van der Waals surface area contributed by atoms with Gasteiger partial charge in [0.1, 0.15) is 0 Å². The standard InChI is InChI=1S/C19H13ClN4O/c20-17-7-3-4-8-18(17)24-12-14(10-22-24)23-19(25)16-11-21-9-13-5-1-2-6-15(13)16/h1-12H,(H,23,25). The number of hydrogen-bond acceptors (Lipinski definition) is 3. The van der Waals surface area contributed by atoms with E-state index in [4.69, 9.17) is 11.6 Å². The minimum Gasteiger partial charge on any atom is -0.319 e. The van der Waals surface area contributed by atoms with Gasteiger partial charge in [0, 0.05) is 17.8 Å². The van der Waals surface area contributed by atoms with Crippen LogP contribution in [0, 0.1) is 0 Å². The minimum atomic E-state index is -0.233. The van der Waals surface area contributed by atoms with Gasteiger partial charge < -0.3 is 5.32 Å². The lowest BCUT2D eigenvalue weighted by molar-refractivity contribution is 0.102. The van der Waals surface area contributed by atoms with Gasteiger partial charge in [-0.2, -0.15) is 5.10 Å². The second-order valence-electron chi connectivity index (χ2n) is 5.49. The largest absolute Gasteiger partial charge is 0.319 e. The molecule has 2 aromatic heterocycles. The third kappa shape index (κ3) is 2.97. The molecular weight excluding hydrogens is 336 g/mol. The lowest BCUT2D eigenvalue weighted by Gasteiger charge is -2.06. The normalized spacial score (nSPS) is 10.8. The molecule has 4 aromatic rings. The van der Waals surface area contributed by atoms with Crippen LogP contribution in [0.2, 0.25) is 5.02 Å². The van der Waals surface area contributed by atoms with Crippen LogP contribution < -0.4 is 5.32 Å². The second-order valence-corrected chi connectivity index (χ2v) is 5.89. The van der Waals surface area contributed by atoms with Crippen molar-refractivity contribution in [3.05, 3.63) is 83.9 Å². The highest BCUT2D eigenvalue weighted by Gasteiger charge is 2.12. The van der Waals surface area contributed by atoms with Gasteiger partial charge in [0.05, 0.1) is 34.4 Å². The van der Waals surface area contributed by atoms with E-state index in [2.05, 4.69) is 15.4 Å². The molecule has 0 aliphatic carbocycles. The van der Waals surface area contributed by atoms with E-state index in [1.165, 1.54) is 0 Å². The number of carbonyl (C=O) groups excluding carboxylic acids is 1. The first-order valence-electron chi connectivity index (χ1n) is 7.66. The van der Waals surface area contributed by atoms with E-state index in [1.54, 1.807) is 35.5 Å². The molecule has 0 aliphatic rings. The van der Waals surface area contributed by atoms with E-state index < -0.39 is 0 Å². The van der Waals surface area contributed by atoms with Crippen molar-refractivity contribution in [1.82, 2.24) is 14.8 Å². The first-order chi connectivity index (χ1) is 12.2. The summed E-state index contributed by atoms with van der Waals surface area (Å²) in [5, 5.41) is 9.47. The molecule has 0 saturated carbocycles. The summed E-state index contributed by atoms with van der Waals surface area (Å²) < 4.78 is 1.62. The molecule has 0 radical (unpaired) electrons. The summed E-state index contributed by atoms with van der Waals surface area (Å²) in [6, 6.07) is 15.0. The molecule has 0 saturated heterocycles. The van der Waals surface area contributed by atoms with Gasteiger partial charge in [-0.3, -0.25) is 9.78 Å². The number of pyridine rings is 1. The summed E-state index contributed by atoms with van der Waals surface area (Å²) in [7, 11) is 0. The SMILES string of the molecule is O=C(Nc1cnn(-c2ccccc2Cl)c1)c1cncc2ccccc12. The number of amides is 1. The van der Waals surface area contributed by atoms with E-state index in [-0.39, 0.29) is 5.91 Å². The Bertz CT molecular complexity index is 1070. The van der Waals surface area contributed by atoms with Crippen molar-refractivity contribution in [2.45, 2.75) is 0 Å². The Hall–Kier alpha value is -3.18. The molecule has 25 heavy (non-hydrogen) atoms. The van der Waals surface area contributed by atoms with Crippen LogP contribution in [-0.2, 0) is 0 Å². The molecule has 0 spiro atoms. The maximum atomic E-state index is 12.6. The van der Waals surface area contributed by atoms with Gasteiger partial charge >= 0.3 is 0 Å². The molecule has 5 nitrogen and oxygen atoms in total. The predicted molar refractivity (Wildman–Crippen MR) is 98.3 cm³/mol. The lowest BCUT2D eigenvalue weighted by atomic mass is 10.1. The molecule has 0 bridgehead atoms. The summed E-state index contributed by atoms with van der Waals surface area (Å²) in [6.45, 7) is 0. The van der Waals surface area contributed by atoms with Crippen molar-refractivity contribution in [2.75, 3.05) is 5.32 Å². The highest BCUT2D eigenvalue weighted by Crippen LogP contribution is 2.22. The summed E-state index contributed by atoms with van der Waals surface area (Å²) in [6.07, 6.45) is 6.61. The van der Waals surface area contributed by atoms with Gasteiger partial charge in [-0.1, -0.05) is 48.0 Å². The van der Waals surface area contributed by atoms with Gasteiger partial charge in [0.2, 0.25) is 0 Å². The molecule has 0 atom stereocenters. The molecule has 4 rings (SSSR count). The number of fused-ring (bicyclic) bond motifs is 1. The maximum absolute atomic E-state index is 12.6. The summed E-state index contributed by atoms with van der Waals surface area (Å²) in [4.78, 5) is 16.8. The highest BCUT2D eigenvalue weighted by atomic mass is 35.5. The van der Waals surface area contributed by atoms with E-state index in [0.717, 1.165) is 16.5 Å². The van der Waals surface area contributed by atoms with E-state index in [9.17, 15) is 4.79 Å². The Labute approximate surface area is 148 Å². The molecule has 1 amide bonds. The third-order valence-electron chi connectivity index (χ3n) is 3.85. The third-order valence-corrected chi connectivity index (χ3v) is 4.17. The van der Waals surface area contributed by atoms with Crippen LogP contribution in [0.4, 0.5) is 5.69 Å². The maximum Gasteiger partial charge on any atom is 0.257 e. The minimum absolute atomic E-state index is 0.233. The molecule has 122 valence electrons. The van der Waals surface area contributed by atoms with Crippen LogP contribution in [0.15, 0.2) is 73.3 Å². The zero-order chi connectivity index (χ0) is 17.2. The van der Waals surface area contributed by atoms with Crippen LogP contribution >= 0.6 is 11.6 Å². The molecule has 1 N–H and O–H groups in total. The van der Waals surface area contributed by atoms with E-state index in [0.29, 0.717) is 16.3 Å². The number of anilines is 1. The molecule has 0 aliphatic heterocycles. The van der Waals surface area contributed by atoms with Crippen LogP contribution in [0.5, 0.6) is 0 Å². The molecule has 0 fully saturated rings. The van der Waals surface area contributed by atoms with Crippen molar-refractivity contribution in [1.29, 1.82) is 0 Å². The van der Waals surface area contributed by atoms with E-state index in [1.807, 2.05) is 42.5 Å². The summed E-state index contributed by atoms with van der Waals surface area (Å²) in [5.41, 5.74) is 1.85. The Kier molecular flexibility index (Phi) is 3.91. The average Bonchev–Trinajstić information content (AvgIpc) is 3.09. The smallest absolute Gasteiger partial charge is 0.257 e. The predicted octanol–water partition coefficient (Wildman–Crippen LogP) is 4.33. The van der Waals surface area contributed by atoms with Gasteiger partial charge in [-0.25, -0.2) is 4.68 Å². The molecule has 2 aromatic carbocycles. The Balaban J connectivity index is 1.62. The number of aromatic nitrogens is 3. The summed E-state index contributed by atoms with van der Waals surface area (Å²) in [5.74, 6) is -0.233. The molecular formula is C19H13ClN4O. The zero-order valence-electron chi connectivity index (χ0n) is 13.1. The number of nitrogens with one attached hydrogen (secondary N) is 1. The fourth-order valence-corrected chi connectivity index (χ4v) is 2.87. The number of benzene rings is 2. The fourth-order valence-electron chi connectivity index (χ4n) is 2.65. The van der Waals surface area contributed by atoms with Gasteiger partial charge in [0.25, 0.3) is 5.91 Å². The van der Waals surface area contributed by atoms with Crippen LogP contribution in [-0.4, -0.2) is 20.7 Å². The van der Waals surface area contributed by atoms with Gasteiger partial charge in [0.15, 0.2) is 0 Å². The average molecular weight is 349 g/mol. The monoisotopic (exact) mass is 348 g/mol. The number of halogens is 1. The van der Waals surface area contributed by atoms with Crippen molar-refractivity contribution in [3.8, 4) is 5.69 Å². The number of para-hydroxylation sites is 1. The fraction of sp³-hybridized carbons (Fsp3) is 0. The summed E-state index contributed by atoms with van der Waals surface area (Å²) >= 11 is 6.18. The molecule has 0 unspecified atom stereocenters. The Morgan fingerprint density at radius 3 is 2.68 bits per heavy atom. The second kappa shape index (κ2) is 6.37. The van der Waals surface area contributed by atoms with Gasteiger partial charge in [-0.15, -0.1) is 0 Å². The van der Waals surface area contributed by atoms with Crippen molar-refractivity contribution >= 4 is 34.0 Å². The van der Waals surface area contributed by atoms with Crippen molar-refractivity contribution in [3.63, 3.8) is 0 Å². The lowest BCUT2D eigenvalue weighted by Crippen LogP contribution is -2.12. The Morgan fingerprint density at radius 1 is 1.00 bits per heavy atom. The van der Waals surface area contributed by atoms with Crippen LogP contribution in [0.3, 0.4) is 0 Å². The zero-order valence-corrected chi connectivity index (χ0v) is 13.8. The topological polar surface area (TPSA) is 59.8 Å². The first kappa shape index (κ1) is 15.4. The number of rotatable bonds is 3. The highest BCUT2D eigenvalue weighted by molar-refractivity contribution is 6.32. The quantitative estimate of drug-likeness (QED) is 0.599. The molecule has 2 heterocycles. The van der Waals surface area contributed by atoms with Crippen LogP contribution in [0.1, 0.15) is 10.4 Å². The number of nitrogens with zero attached hydrogens (tertiary/aromatic N) is 3. The Morgan fingerprint density at radius 2 is 1.80 bits per heavy atom. The number of hydrogen-bond donors (Lipinski definition) is 1. The number of carbonyl (C=O) groups is 1. The van der Waals surface area contributed by atoms with Crippen LogP contribution in [0.25, 0.3) is 16.5 Å². The molecule has 6 heteroatoms. The van der Waals surface area contributed by atoms with E-state index >= 15 is 0 Å². The van der Waals surface area contributed by atoms with Gasteiger partial charge in [-0.05, 0) is 17.5 Å². The first-order valence-corrected chi connectivity index (χ1v) is 8.04. The van der Waals surface area contributed by atoms with Crippen molar-refractivity contribution in [2.24, 2.45) is 0 Å².